The molecule has 1 saturated carbocycles. The van der Waals surface area contributed by atoms with Crippen molar-refractivity contribution in [1.82, 2.24) is 15.1 Å². The first-order chi connectivity index (χ1) is 13.5. The second-order valence-electron chi connectivity index (χ2n) is 6.98. The van der Waals surface area contributed by atoms with Gasteiger partial charge in [-0.2, -0.15) is 0 Å². The molecule has 1 aliphatic rings. The molecule has 0 radical (unpaired) electrons. The number of hydrogen-bond acceptors (Lipinski definition) is 6. The van der Waals surface area contributed by atoms with Crippen LogP contribution in [0, 0.1) is 6.92 Å². The summed E-state index contributed by atoms with van der Waals surface area (Å²) in [5.74, 6) is 0.217. The van der Waals surface area contributed by atoms with Gasteiger partial charge in [0.25, 0.3) is 0 Å². The predicted molar refractivity (Wildman–Crippen MR) is 103 cm³/mol. The van der Waals surface area contributed by atoms with Gasteiger partial charge in [-0.1, -0.05) is 16.8 Å². The Morgan fingerprint density at radius 3 is 2.68 bits per heavy atom. The van der Waals surface area contributed by atoms with Crippen molar-refractivity contribution in [2.24, 2.45) is 5.73 Å². The number of carbonyl (C=O) groups excluding carboxylic acids is 1. The van der Waals surface area contributed by atoms with E-state index in [1.807, 2.05) is 13.0 Å². The summed E-state index contributed by atoms with van der Waals surface area (Å²) >= 11 is 5.91. The highest BCUT2D eigenvalue weighted by molar-refractivity contribution is 6.30. The van der Waals surface area contributed by atoms with Gasteiger partial charge in [0.1, 0.15) is 11.5 Å². The van der Waals surface area contributed by atoms with Crippen molar-refractivity contribution in [3.63, 3.8) is 0 Å². The highest BCUT2D eigenvalue weighted by atomic mass is 35.5. The van der Waals surface area contributed by atoms with Crippen molar-refractivity contribution < 1.29 is 14.1 Å². The smallest absolute Gasteiger partial charge is 0.250 e. The maximum atomic E-state index is 11.2. The quantitative estimate of drug-likeness (QED) is 0.653. The predicted octanol–water partition coefficient (Wildman–Crippen LogP) is 3.48. The Bertz CT molecular complexity index is 995. The minimum atomic E-state index is -0.484. The Balaban J connectivity index is 1.46. The van der Waals surface area contributed by atoms with Gasteiger partial charge in [0.2, 0.25) is 5.91 Å². The summed E-state index contributed by atoms with van der Waals surface area (Å²) in [6.45, 7) is 2.23. The van der Waals surface area contributed by atoms with E-state index in [1.165, 1.54) is 6.20 Å². The van der Waals surface area contributed by atoms with Gasteiger partial charge in [0, 0.05) is 30.1 Å². The lowest BCUT2D eigenvalue weighted by molar-refractivity contribution is 0.0194. The average molecular weight is 399 g/mol. The lowest BCUT2D eigenvalue weighted by Crippen LogP contribution is -2.19. The van der Waals surface area contributed by atoms with Gasteiger partial charge in [-0.05, 0) is 44.0 Å². The van der Waals surface area contributed by atoms with E-state index in [0.29, 0.717) is 40.8 Å². The number of aryl methyl sites for hydroxylation is 1. The SMILES string of the molecule is Cc1onc(-c2ccc(Cl)cn2)c1COC1(Cc2ccc(C(N)=O)cn2)CC1. The molecule has 0 aromatic carbocycles. The minimum absolute atomic E-state index is 0.254. The van der Waals surface area contributed by atoms with Crippen molar-refractivity contribution in [1.29, 1.82) is 0 Å². The molecule has 144 valence electrons. The van der Waals surface area contributed by atoms with Crippen LogP contribution >= 0.6 is 11.6 Å². The van der Waals surface area contributed by atoms with E-state index in [9.17, 15) is 4.79 Å². The van der Waals surface area contributed by atoms with Gasteiger partial charge < -0.3 is 15.0 Å². The Labute approximate surface area is 166 Å². The normalized spacial score (nSPS) is 14.8. The number of aromatic nitrogens is 3. The second-order valence-corrected chi connectivity index (χ2v) is 7.41. The van der Waals surface area contributed by atoms with Crippen LogP contribution in [0.1, 0.15) is 40.2 Å². The fourth-order valence-corrected chi connectivity index (χ4v) is 3.13. The number of nitrogens with two attached hydrogens (primary N) is 1. The van der Waals surface area contributed by atoms with Crippen LogP contribution in [0.3, 0.4) is 0 Å². The molecule has 1 aliphatic carbocycles. The van der Waals surface area contributed by atoms with Crippen LogP contribution in [-0.2, 0) is 17.8 Å². The highest BCUT2D eigenvalue weighted by Gasteiger charge is 2.44. The number of primary amides is 1. The maximum absolute atomic E-state index is 11.2. The molecule has 4 rings (SSSR count). The molecule has 7 nitrogen and oxygen atoms in total. The molecule has 0 bridgehead atoms. The topological polar surface area (TPSA) is 104 Å². The molecule has 0 atom stereocenters. The van der Waals surface area contributed by atoms with Gasteiger partial charge in [-0.15, -0.1) is 0 Å². The first-order valence-corrected chi connectivity index (χ1v) is 9.29. The van der Waals surface area contributed by atoms with E-state index in [0.717, 1.165) is 24.1 Å². The van der Waals surface area contributed by atoms with Crippen LogP contribution in [0.5, 0.6) is 0 Å². The average Bonchev–Trinajstić information content (AvgIpc) is 3.35. The second kappa shape index (κ2) is 7.33. The van der Waals surface area contributed by atoms with E-state index in [1.54, 1.807) is 24.4 Å². The third-order valence-electron chi connectivity index (χ3n) is 4.90. The van der Waals surface area contributed by atoms with Gasteiger partial charge in [0.05, 0.1) is 28.5 Å². The van der Waals surface area contributed by atoms with Crippen LogP contribution in [0.4, 0.5) is 0 Å². The van der Waals surface area contributed by atoms with Crippen LogP contribution < -0.4 is 5.73 Å². The molecule has 3 aromatic heterocycles. The van der Waals surface area contributed by atoms with E-state index < -0.39 is 5.91 Å². The number of halogens is 1. The number of amides is 1. The van der Waals surface area contributed by atoms with Crippen LogP contribution in [0.25, 0.3) is 11.4 Å². The number of pyridine rings is 2. The molecule has 1 fully saturated rings. The number of ether oxygens (including phenoxy) is 1. The third-order valence-corrected chi connectivity index (χ3v) is 5.12. The van der Waals surface area contributed by atoms with Crippen molar-refractivity contribution >= 4 is 17.5 Å². The summed E-state index contributed by atoms with van der Waals surface area (Å²) in [6, 6.07) is 7.08. The monoisotopic (exact) mass is 398 g/mol. The third kappa shape index (κ3) is 3.90. The van der Waals surface area contributed by atoms with Gasteiger partial charge in [-0.25, -0.2) is 0 Å². The van der Waals surface area contributed by atoms with Crippen LogP contribution in [0.2, 0.25) is 5.02 Å². The Morgan fingerprint density at radius 1 is 1.25 bits per heavy atom. The molecule has 0 aliphatic heterocycles. The minimum Gasteiger partial charge on any atom is -0.370 e. The van der Waals surface area contributed by atoms with Gasteiger partial charge >= 0.3 is 0 Å². The summed E-state index contributed by atoms with van der Waals surface area (Å²) in [5.41, 5.74) is 8.49. The molecule has 0 saturated heterocycles. The zero-order valence-electron chi connectivity index (χ0n) is 15.3. The summed E-state index contributed by atoms with van der Waals surface area (Å²) in [6.07, 6.45) is 5.65. The van der Waals surface area contributed by atoms with E-state index in [4.69, 9.17) is 26.6 Å². The molecule has 8 heteroatoms. The fourth-order valence-electron chi connectivity index (χ4n) is 3.02. The van der Waals surface area contributed by atoms with Crippen LogP contribution in [0.15, 0.2) is 41.2 Å². The molecule has 0 spiro atoms. The molecule has 0 unspecified atom stereocenters. The summed E-state index contributed by atoms with van der Waals surface area (Å²) in [7, 11) is 0. The molecule has 3 heterocycles. The standard InChI is InChI=1S/C20H19ClN4O3/c1-12-16(18(25-28-12)17-5-3-14(21)10-24-17)11-27-20(6-7-20)8-15-4-2-13(9-23-15)19(22)26/h2-5,9-10H,6-8,11H2,1H3,(H2,22,26). The molecule has 2 N–H and O–H groups in total. The maximum Gasteiger partial charge on any atom is 0.250 e. The van der Waals surface area contributed by atoms with E-state index >= 15 is 0 Å². The van der Waals surface area contributed by atoms with Crippen LogP contribution in [-0.4, -0.2) is 26.6 Å². The number of rotatable bonds is 7. The first kappa shape index (κ1) is 18.6. The Hall–Kier alpha value is -2.77. The summed E-state index contributed by atoms with van der Waals surface area (Å²) in [4.78, 5) is 19.8. The largest absolute Gasteiger partial charge is 0.370 e. The first-order valence-electron chi connectivity index (χ1n) is 8.91. The summed E-state index contributed by atoms with van der Waals surface area (Å²) < 4.78 is 11.6. The van der Waals surface area contributed by atoms with Gasteiger partial charge in [0.15, 0.2) is 0 Å². The van der Waals surface area contributed by atoms with Crippen molar-refractivity contribution in [2.45, 2.75) is 38.4 Å². The zero-order chi connectivity index (χ0) is 19.7. The Morgan fingerprint density at radius 2 is 2.07 bits per heavy atom. The molecule has 1 amide bonds. The van der Waals surface area contributed by atoms with Crippen molar-refractivity contribution in [2.75, 3.05) is 0 Å². The number of hydrogen-bond donors (Lipinski definition) is 1. The number of carbonyl (C=O) groups is 1. The highest BCUT2D eigenvalue weighted by Crippen LogP contribution is 2.43. The molecular weight excluding hydrogens is 380 g/mol. The molecule has 3 aromatic rings. The molecular formula is C20H19ClN4O3. The van der Waals surface area contributed by atoms with Gasteiger partial charge in [-0.3, -0.25) is 14.8 Å². The lowest BCUT2D eigenvalue weighted by Gasteiger charge is -2.16. The lowest BCUT2D eigenvalue weighted by atomic mass is 10.1. The zero-order valence-corrected chi connectivity index (χ0v) is 16.1. The van der Waals surface area contributed by atoms with E-state index in [-0.39, 0.29) is 5.60 Å². The van der Waals surface area contributed by atoms with Crippen molar-refractivity contribution in [3.8, 4) is 11.4 Å². The van der Waals surface area contributed by atoms with E-state index in [2.05, 4.69) is 15.1 Å². The number of nitrogens with zero attached hydrogens (tertiary/aromatic N) is 3. The Kier molecular flexibility index (Phi) is 4.87. The fraction of sp³-hybridized carbons (Fsp3) is 0.300. The molecule has 28 heavy (non-hydrogen) atoms. The van der Waals surface area contributed by atoms with Crippen molar-refractivity contribution in [3.05, 3.63) is 64.3 Å². The summed E-state index contributed by atoms with van der Waals surface area (Å²) in [5, 5.41) is 4.69.